The molecule has 3 aromatic carbocycles. The summed E-state index contributed by atoms with van der Waals surface area (Å²) in [4.78, 5) is 24.0. The van der Waals surface area contributed by atoms with E-state index < -0.39 is 27.7 Å². The number of benzene rings is 3. The van der Waals surface area contributed by atoms with Gasteiger partial charge in [-0.05, 0) is 54.6 Å². The van der Waals surface area contributed by atoms with Crippen molar-refractivity contribution < 1.29 is 22.4 Å². The van der Waals surface area contributed by atoms with E-state index >= 15 is 0 Å². The summed E-state index contributed by atoms with van der Waals surface area (Å²) in [6, 6.07) is 16.9. The predicted octanol–water partition coefficient (Wildman–Crippen LogP) is 3.65. The highest BCUT2D eigenvalue weighted by Gasteiger charge is 2.17. The number of hydrogen-bond acceptors (Lipinski definition) is 4. The smallest absolute Gasteiger partial charge is 0.262 e. The van der Waals surface area contributed by atoms with Crippen LogP contribution in [0.25, 0.3) is 0 Å². The topological polar surface area (TPSA) is 104 Å². The number of halogens is 2. The lowest BCUT2D eigenvalue weighted by Gasteiger charge is -2.11. The predicted molar refractivity (Wildman–Crippen MR) is 116 cm³/mol. The maximum atomic E-state index is 12.9. The summed E-state index contributed by atoms with van der Waals surface area (Å²) in [5.41, 5.74) is 0.651. The fourth-order valence-electron chi connectivity index (χ4n) is 2.56. The van der Waals surface area contributed by atoms with Crippen molar-refractivity contribution in [2.75, 3.05) is 16.6 Å². The third kappa shape index (κ3) is 6.03. The Morgan fingerprint density at radius 2 is 1.65 bits per heavy atom. The Kier molecular flexibility index (Phi) is 6.88. The van der Waals surface area contributed by atoms with Gasteiger partial charge < -0.3 is 10.6 Å². The molecule has 0 radical (unpaired) electrons. The van der Waals surface area contributed by atoms with Crippen molar-refractivity contribution in [3.05, 3.63) is 89.2 Å². The van der Waals surface area contributed by atoms with E-state index in [1.165, 1.54) is 42.5 Å². The largest absolute Gasteiger partial charge is 0.343 e. The Morgan fingerprint density at radius 1 is 0.935 bits per heavy atom. The Morgan fingerprint density at radius 3 is 2.35 bits per heavy atom. The standard InChI is InChI=1S/C21H17ClFN3O4S/c22-18-6-1-2-7-19(18)26-31(29,30)17-5-3-4-16(12-17)25-20(27)13-24-21(28)14-8-10-15(23)11-9-14/h1-12,26H,13H2,(H,24,28)(H,25,27). The zero-order chi connectivity index (χ0) is 22.4. The van der Waals surface area contributed by atoms with Crippen LogP contribution in [-0.2, 0) is 14.8 Å². The molecule has 0 aliphatic heterocycles. The van der Waals surface area contributed by atoms with E-state index in [0.29, 0.717) is 0 Å². The van der Waals surface area contributed by atoms with Crippen molar-refractivity contribution in [2.45, 2.75) is 4.90 Å². The molecule has 0 aliphatic carbocycles. The van der Waals surface area contributed by atoms with E-state index in [-0.39, 0.29) is 33.4 Å². The second kappa shape index (κ2) is 9.59. The third-order valence-corrected chi connectivity index (χ3v) is 5.75. The van der Waals surface area contributed by atoms with Crippen molar-refractivity contribution >= 4 is 44.8 Å². The molecule has 7 nitrogen and oxygen atoms in total. The molecule has 0 fully saturated rings. The molecule has 0 saturated carbocycles. The first-order chi connectivity index (χ1) is 14.7. The Hall–Kier alpha value is -3.43. The molecule has 160 valence electrons. The molecule has 3 aromatic rings. The lowest BCUT2D eigenvalue weighted by Crippen LogP contribution is -2.32. The number of amides is 2. The number of hydrogen-bond donors (Lipinski definition) is 3. The minimum Gasteiger partial charge on any atom is -0.343 e. The van der Waals surface area contributed by atoms with E-state index in [9.17, 15) is 22.4 Å². The molecule has 3 rings (SSSR count). The van der Waals surface area contributed by atoms with Gasteiger partial charge >= 0.3 is 0 Å². The average molecular weight is 462 g/mol. The van der Waals surface area contributed by atoms with Crippen LogP contribution in [0.5, 0.6) is 0 Å². The lowest BCUT2D eigenvalue weighted by molar-refractivity contribution is -0.115. The molecule has 0 atom stereocenters. The Labute approximate surface area is 183 Å². The van der Waals surface area contributed by atoms with Crippen LogP contribution in [0.4, 0.5) is 15.8 Å². The van der Waals surface area contributed by atoms with Crippen molar-refractivity contribution in [3.8, 4) is 0 Å². The molecule has 0 unspecified atom stereocenters. The molecular weight excluding hydrogens is 445 g/mol. The molecule has 0 heterocycles. The van der Waals surface area contributed by atoms with E-state index in [2.05, 4.69) is 15.4 Å². The van der Waals surface area contributed by atoms with E-state index in [1.807, 2.05) is 0 Å². The minimum atomic E-state index is -3.95. The fraction of sp³-hybridized carbons (Fsp3) is 0.0476. The molecule has 0 aliphatic rings. The van der Waals surface area contributed by atoms with Gasteiger partial charge in [0, 0.05) is 11.3 Å². The molecule has 0 aromatic heterocycles. The van der Waals surface area contributed by atoms with Gasteiger partial charge in [-0.25, -0.2) is 12.8 Å². The van der Waals surface area contributed by atoms with Gasteiger partial charge in [0.15, 0.2) is 0 Å². The summed E-state index contributed by atoms with van der Waals surface area (Å²) >= 11 is 5.99. The first kappa shape index (κ1) is 22.3. The van der Waals surface area contributed by atoms with Crippen molar-refractivity contribution in [3.63, 3.8) is 0 Å². The summed E-state index contributed by atoms with van der Waals surface area (Å²) in [6.45, 7) is -0.356. The second-order valence-corrected chi connectivity index (χ2v) is 8.44. The maximum Gasteiger partial charge on any atom is 0.262 e. The molecular formula is C21H17ClFN3O4S. The minimum absolute atomic E-state index is 0.0828. The Bertz CT molecular complexity index is 1220. The fourth-order valence-corrected chi connectivity index (χ4v) is 3.92. The van der Waals surface area contributed by atoms with E-state index in [4.69, 9.17) is 11.6 Å². The van der Waals surface area contributed by atoms with Crippen LogP contribution < -0.4 is 15.4 Å². The lowest BCUT2D eigenvalue weighted by atomic mass is 10.2. The number of sulfonamides is 1. The molecule has 2 amide bonds. The molecule has 10 heteroatoms. The van der Waals surface area contributed by atoms with Gasteiger partial charge in [0.25, 0.3) is 15.9 Å². The average Bonchev–Trinajstić information content (AvgIpc) is 2.74. The highest BCUT2D eigenvalue weighted by molar-refractivity contribution is 7.92. The highest BCUT2D eigenvalue weighted by atomic mass is 35.5. The number of carbonyl (C=O) groups is 2. The SMILES string of the molecule is O=C(CNC(=O)c1ccc(F)cc1)Nc1cccc(S(=O)(=O)Nc2ccccc2Cl)c1. The van der Waals surface area contributed by atoms with Crippen molar-refractivity contribution in [1.29, 1.82) is 0 Å². The Balaban J connectivity index is 1.63. The summed E-state index contributed by atoms with van der Waals surface area (Å²) in [5, 5.41) is 5.16. The van der Waals surface area contributed by atoms with Gasteiger partial charge in [-0.3, -0.25) is 14.3 Å². The third-order valence-electron chi connectivity index (χ3n) is 4.06. The van der Waals surface area contributed by atoms with Crippen LogP contribution in [0.2, 0.25) is 5.02 Å². The summed E-state index contributed by atoms with van der Waals surface area (Å²) < 4.78 is 40.5. The normalized spacial score (nSPS) is 10.9. The van der Waals surface area contributed by atoms with Crippen LogP contribution >= 0.6 is 11.6 Å². The van der Waals surface area contributed by atoms with E-state index in [0.717, 1.165) is 12.1 Å². The zero-order valence-electron chi connectivity index (χ0n) is 15.9. The van der Waals surface area contributed by atoms with Crippen molar-refractivity contribution in [2.24, 2.45) is 0 Å². The van der Waals surface area contributed by atoms with Gasteiger partial charge in [-0.15, -0.1) is 0 Å². The zero-order valence-corrected chi connectivity index (χ0v) is 17.5. The first-order valence-corrected chi connectivity index (χ1v) is 10.8. The highest BCUT2D eigenvalue weighted by Crippen LogP contribution is 2.25. The summed E-state index contributed by atoms with van der Waals surface area (Å²) in [6.07, 6.45) is 0. The van der Waals surface area contributed by atoms with Crippen LogP contribution in [0.3, 0.4) is 0 Å². The number of nitrogens with one attached hydrogen (secondary N) is 3. The molecule has 3 N–H and O–H groups in total. The number of rotatable bonds is 7. The number of carbonyl (C=O) groups excluding carboxylic acids is 2. The number of para-hydroxylation sites is 1. The molecule has 0 saturated heterocycles. The summed E-state index contributed by atoms with van der Waals surface area (Å²) in [5.74, 6) is -1.59. The quantitative estimate of drug-likeness (QED) is 0.499. The van der Waals surface area contributed by atoms with Crippen LogP contribution in [-0.4, -0.2) is 26.8 Å². The van der Waals surface area contributed by atoms with E-state index in [1.54, 1.807) is 18.2 Å². The second-order valence-electron chi connectivity index (χ2n) is 6.35. The van der Waals surface area contributed by atoms with Crippen LogP contribution in [0.1, 0.15) is 10.4 Å². The first-order valence-electron chi connectivity index (χ1n) is 8.95. The van der Waals surface area contributed by atoms with Gasteiger partial charge in [0.2, 0.25) is 5.91 Å². The summed E-state index contributed by atoms with van der Waals surface area (Å²) in [7, 11) is -3.95. The maximum absolute atomic E-state index is 12.9. The van der Waals surface area contributed by atoms with Crippen molar-refractivity contribution in [1.82, 2.24) is 5.32 Å². The van der Waals surface area contributed by atoms with Crippen LogP contribution in [0, 0.1) is 5.82 Å². The van der Waals surface area contributed by atoms with Gasteiger partial charge in [0.1, 0.15) is 5.82 Å². The number of anilines is 2. The molecule has 0 spiro atoms. The molecule has 0 bridgehead atoms. The van der Waals surface area contributed by atoms with Gasteiger partial charge in [-0.2, -0.15) is 0 Å². The van der Waals surface area contributed by atoms with Gasteiger partial charge in [0.05, 0.1) is 22.2 Å². The monoisotopic (exact) mass is 461 g/mol. The van der Waals surface area contributed by atoms with Gasteiger partial charge in [-0.1, -0.05) is 29.8 Å². The van der Waals surface area contributed by atoms with Crippen LogP contribution in [0.15, 0.2) is 77.7 Å². The molecule has 31 heavy (non-hydrogen) atoms.